The monoisotopic (exact) mass is 657 g/mol. The maximum Gasteiger partial charge on any atom is 0.338 e. The molecule has 258 valence electrons. The van der Waals surface area contributed by atoms with Gasteiger partial charge in [0.2, 0.25) is 5.91 Å². The van der Waals surface area contributed by atoms with Crippen molar-refractivity contribution in [1.82, 2.24) is 4.90 Å². The van der Waals surface area contributed by atoms with E-state index in [4.69, 9.17) is 33.2 Å². The minimum Gasteiger partial charge on any atom is -0.497 e. The number of benzene rings is 1. The third kappa shape index (κ3) is 3.85. The van der Waals surface area contributed by atoms with Crippen molar-refractivity contribution >= 4 is 17.8 Å². The number of rotatable bonds is 10. The van der Waals surface area contributed by atoms with Gasteiger partial charge in [0.25, 0.3) is 0 Å². The number of fused-ring (bicyclic) bond motifs is 2. The highest BCUT2D eigenvalue weighted by molar-refractivity contribution is 5.90. The summed E-state index contributed by atoms with van der Waals surface area (Å²) >= 11 is 0. The van der Waals surface area contributed by atoms with Gasteiger partial charge in [-0.05, 0) is 56.4 Å². The molecule has 1 heterocycles. The fourth-order valence-corrected chi connectivity index (χ4v) is 12.2. The molecule has 0 unspecified atom stereocenters. The Balaban J connectivity index is 1.48. The zero-order valence-corrected chi connectivity index (χ0v) is 28.2. The molecule has 0 radical (unpaired) electrons. The molecule has 5 saturated carbocycles. The van der Waals surface area contributed by atoms with Crippen LogP contribution in [0.1, 0.15) is 49.9 Å². The van der Waals surface area contributed by atoms with E-state index in [1.807, 2.05) is 11.8 Å². The van der Waals surface area contributed by atoms with E-state index >= 15 is 0 Å². The smallest absolute Gasteiger partial charge is 0.338 e. The van der Waals surface area contributed by atoms with Gasteiger partial charge >= 0.3 is 11.9 Å². The van der Waals surface area contributed by atoms with Gasteiger partial charge < -0.3 is 43.2 Å². The number of methoxy groups -OCH3 is 5. The Bertz CT molecular complexity index is 1440. The van der Waals surface area contributed by atoms with Crippen LogP contribution in [0.3, 0.4) is 0 Å². The van der Waals surface area contributed by atoms with E-state index in [2.05, 4.69) is 0 Å². The van der Waals surface area contributed by atoms with Crippen molar-refractivity contribution in [2.45, 2.75) is 81.2 Å². The molecule has 1 aromatic carbocycles. The van der Waals surface area contributed by atoms with Gasteiger partial charge in [-0.15, -0.1) is 0 Å². The molecule has 6 fully saturated rings. The van der Waals surface area contributed by atoms with Crippen molar-refractivity contribution in [3.63, 3.8) is 0 Å². The molecular weight excluding hydrogens is 610 g/mol. The van der Waals surface area contributed by atoms with Gasteiger partial charge in [-0.1, -0.05) is 0 Å². The molecular formula is C35H47NO11. The van der Waals surface area contributed by atoms with Gasteiger partial charge in [0.15, 0.2) is 0 Å². The minimum absolute atomic E-state index is 0.0139. The van der Waals surface area contributed by atoms with Crippen LogP contribution >= 0.6 is 0 Å². The summed E-state index contributed by atoms with van der Waals surface area (Å²) in [7, 11) is 8.03. The quantitative estimate of drug-likeness (QED) is 0.371. The van der Waals surface area contributed by atoms with Crippen LogP contribution in [0.25, 0.3) is 0 Å². The molecule has 0 aromatic heterocycles. The predicted molar refractivity (Wildman–Crippen MR) is 164 cm³/mol. The van der Waals surface area contributed by atoms with Crippen LogP contribution in [0.15, 0.2) is 24.3 Å². The van der Waals surface area contributed by atoms with Crippen molar-refractivity contribution < 1.29 is 52.6 Å². The van der Waals surface area contributed by atoms with Crippen molar-refractivity contribution in [2.75, 3.05) is 48.7 Å². The fraction of sp³-hybridized carbons (Fsp3) is 0.743. The van der Waals surface area contributed by atoms with E-state index in [1.54, 1.807) is 52.7 Å². The number of hydrogen-bond donors (Lipinski definition) is 1. The van der Waals surface area contributed by atoms with Gasteiger partial charge in [-0.25, -0.2) is 4.79 Å². The van der Waals surface area contributed by atoms with Crippen LogP contribution in [-0.2, 0) is 38.0 Å². The first-order valence-electron chi connectivity index (χ1n) is 16.7. The standard InChI is InChI=1S/C35H47NO11/c1-8-36-28-25-26(45-7)27-32(17-41-3,31(36)39)14-13-22(43-5)35(27,28)21-15-33(40)23(44-6)16-34(25,47-18(2)37)24(21)29(33)46-30(38)19-9-11-20(42-4)12-10-19/h9-12,21-29,40H,8,13-17H2,1-7H3/t21-,22+,23+,24-,25+,26+,27-,28-,29-,32+,33-,34-,35+/m1/s1. The molecule has 1 aliphatic heterocycles. The largest absolute Gasteiger partial charge is 0.497 e. The van der Waals surface area contributed by atoms with Gasteiger partial charge in [0.05, 0.1) is 43.0 Å². The number of ether oxygens (including phenoxy) is 7. The Morgan fingerprint density at radius 1 is 0.979 bits per heavy atom. The SMILES string of the molecule is CCN1C(=O)[C@]2(COC)CC[C@H](OC)[C@@]34[C@@H]5C[C@@]6(O)[C@@H](OC)C[C@@](OC(C)=O)([C@H]5[C@H]6OC(=O)c5ccc(OC)cc5)[C@@H]([C@H](OC)[C@H]23)[C@@H]14. The Labute approximate surface area is 275 Å². The first kappa shape index (κ1) is 32.8. The van der Waals surface area contributed by atoms with Crippen LogP contribution in [0.4, 0.5) is 0 Å². The second-order valence-electron chi connectivity index (χ2n) is 14.5. The van der Waals surface area contributed by atoms with Crippen LogP contribution < -0.4 is 4.74 Å². The zero-order valence-electron chi connectivity index (χ0n) is 28.2. The molecule has 13 atom stereocenters. The second kappa shape index (κ2) is 11.1. The summed E-state index contributed by atoms with van der Waals surface area (Å²) in [6, 6.07) is 6.16. The number of piperidine rings is 1. The highest BCUT2D eigenvalue weighted by Crippen LogP contribution is 2.80. The van der Waals surface area contributed by atoms with Crippen molar-refractivity contribution in [1.29, 1.82) is 0 Å². The zero-order chi connectivity index (χ0) is 33.7. The molecule has 47 heavy (non-hydrogen) atoms. The molecule has 1 aromatic rings. The number of hydrogen-bond acceptors (Lipinski definition) is 11. The Hall–Kier alpha value is -2.77. The number of amides is 1. The summed E-state index contributed by atoms with van der Waals surface area (Å²) in [6.07, 6.45) is -1.27. The first-order valence-corrected chi connectivity index (χ1v) is 16.7. The lowest BCUT2D eigenvalue weighted by Crippen LogP contribution is -2.78. The summed E-state index contributed by atoms with van der Waals surface area (Å²) in [5.41, 5.74) is -4.26. The second-order valence-corrected chi connectivity index (χ2v) is 14.5. The van der Waals surface area contributed by atoms with Gasteiger partial charge in [-0.3, -0.25) is 9.59 Å². The summed E-state index contributed by atoms with van der Waals surface area (Å²) in [4.78, 5) is 43.8. The number of aliphatic hydroxyl groups is 1. The average molecular weight is 658 g/mol. The maximum absolute atomic E-state index is 14.7. The lowest BCUT2D eigenvalue weighted by atomic mass is 9.43. The fourth-order valence-electron chi connectivity index (χ4n) is 12.2. The van der Waals surface area contributed by atoms with Gasteiger partial charge in [0.1, 0.15) is 23.1 Å². The molecule has 5 aliphatic carbocycles. The van der Waals surface area contributed by atoms with Gasteiger partial charge in [-0.2, -0.15) is 0 Å². The predicted octanol–water partition coefficient (Wildman–Crippen LogP) is 2.24. The van der Waals surface area contributed by atoms with E-state index in [9.17, 15) is 19.5 Å². The van der Waals surface area contributed by atoms with Crippen LogP contribution in [0, 0.1) is 34.5 Å². The molecule has 7 bridgehead atoms. The van der Waals surface area contributed by atoms with E-state index in [0.717, 1.165) is 0 Å². The van der Waals surface area contributed by atoms with Crippen molar-refractivity contribution in [3.05, 3.63) is 29.8 Å². The topological polar surface area (TPSA) is 139 Å². The van der Waals surface area contributed by atoms with Crippen LogP contribution in [0.5, 0.6) is 5.75 Å². The maximum atomic E-state index is 14.7. The molecule has 1 N–H and O–H groups in total. The van der Waals surface area contributed by atoms with Crippen molar-refractivity contribution in [2.24, 2.45) is 34.5 Å². The Morgan fingerprint density at radius 2 is 1.68 bits per heavy atom. The van der Waals surface area contributed by atoms with E-state index < -0.39 is 76.1 Å². The summed E-state index contributed by atoms with van der Waals surface area (Å²) in [5.74, 6) is -2.43. The number of esters is 2. The molecule has 6 aliphatic rings. The highest BCUT2D eigenvalue weighted by Gasteiger charge is 2.91. The molecule has 12 heteroatoms. The average Bonchev–Trinajstić information content (AvgIpc) is 3.45. The molecule has 1 amide bonds. The lowest BCUT2D eigenvalue weighted by molar-refractivity contribution is -0.281. The van der Waals surface area contributed by atoms with Gasteiger partial charge in [0, 0.05) is 77.5 Å². The number of carbonyl (C=O) groups is 3. The summed E-state index contributed by atoms with van der Waals surface area (Å²) in [6.45, 7) is 3.96. The summed E-state index contributed by atoms with van der Waals surface area (Å²) in [5, 5.41) is 12.8. The number of likely N-dealkylation sites (tertiary alicyclic amines) is 1. The third-order valence-corrected chi connectivity index (χ3v) is 13.2. The Morgan fingerprint density at radius 3 is 2.26 bits per heavy atom. The summed E-state index contributed by atoms with van der Waals surface area (Å²) < 4.78 is 43.0. The molecule has 1 spiro atoms. The molecule has 1 saturated heterocycles. The molecule has 7 rings (SSSR count). The minimum atomic E-state index is -1.60. The third-order valence-electron chi connectivity index (χ3n) is 13.2. The van der Waals surface area contributed by atoms with Crippen LogP contribution in [0.2, 0.25) is 0 Å². The van der Waals surface area contributed by atoms with Crippen LogP contribution in [-0.4, -0.2) is 118 Å². The van der Waals surface area contributed by atoms with E-state index in [1.165, 1.54) is 14.0 Å². The molecule has 12 nitrogen and oxygen atoms in total. The first-order chi connectivity index (χ1) is 22.5. The number of carbonyl (C=O) groups excluding carboxylic acids is 3. The van der Waals surface area contributed by atoms with Crippen molar-refractivity contribution in [3.8, 4) is 5.75 Å². The normalized spacial score (nSPS) is 45.5. The number of nitrogens with zero attached hydrogens (tertiary/aromatic N) is 1. The lowest BCUT2D eigenvalue weighted by Gasteiger charge is -2.68. The highest BCUT2D eigenvalue weighted by atomic mass is 16.6. The van der Waals surface area contributed by atoms with E-state index in [-0.39, 0.29) is 37.4 Å². The Kier molecular flexibility index (Phi) is 7.76. The van der Waals surface area contributed by atoms with E-state index in [0.29, 0.717) is 30.7 Å².